The second-order valence-electron chi connectivity index (χ2n) is 6.49. The number of carboxylic acid groups (broad SMARTS) is 1. The molecule has 2 N–H and O–H groups in total. The van der Waals surface area contributed by atoms with Gasteiger partial charge in [0, 0.05) is 18.6 Å². The lowest BCUT2D eigenvalue weighted by Gasteiger charge is -2.49. The molecule has 0 amide bonds. The van der Waals surface area contributed by atoms with Gasteiger partial charge >= 0.3 is 5.97 Å². The number of pyridine rings is 1. The van der Waals surface area contributed by atoms with Crippen LogP contribution in [0.1, 0.15) is 35.3 Å². The normalized spacial score (nSPS) is 15.8. The molecule has 0 atom stereocenters. The molecule has 0 spiro atoms. The molecule has 24 heavy (non-hydrogen) atoms. The molecule has 1 aliphatic rings. The van der Waals surface area contributed by atoms with Gasteiger partial charge in [-0.2, -0.15) is 0 Å². The third-order valence-corrected chi connectivity index (χ3v) is 4.92. The van der Waals surface area contributed by atoms with Crippen molar-refractivity contribution in [2.75, 3.05) is 18.9 Å². The average Bonchev–Trinajstić information content (AvgIpc) is 2.55. The fourth-order valence-electron chi connectivity index (χ4n) is 3.21. The Morgan fingerprint density at radius 1 is 1.21 bits per heavy atom. The molecule has 1 fully saturated rings. The van der Waals surface area contributed by atoms with E-state index in [1.165, 1.54) is 18.1 Å². The maximum Gasteiger partial charge on any atom is 0.354 e. The van der Waals surface area contributed by atoms with Gasteiger partial charge in [-0.1, -0.05) is 36.4 Å². The van der Waals surface area contributed by atoms with Crippen LogP contribution in [0.2, 0.25) is 0 Å². The minimum Gasteiger partial charge on any atom is -0.477 e. The van der Waals surface area contributed by atoms with Crippen LogP contribution >= 0.6 is 0 Å². The molecule has 1 aromatic heterocycles. The Morgan fingerprint density at radius 3 is 2.58 bits per heavy atom. The van der Waals surface area contributed by atoms with Gasteiger partial charge in [-0.3, -0.25) is 4.90 Å². The zero-order valence-electron chi connectivity index (χ0n) is 13.9. The third kappa shape index (κ3) is 3.57. The van der Waals surface area contributed by atoms with E-state index in [1.807, 2.05) is 12.1 Å². The van der Waals surface area contributed by atoms with Gasteiger partial charge in [0.25, 0.3) is 0 Å². The smallest absolute Gasteiger partial charge is 0.354 e. The van der Waals surface area contributed by atoms with Crippen LogP contribution in [0.25, 0.3) is 0 Å². The van der Waals surface area contributed by atoms with Crippen molar-refractivity contribution < 1.29 is 9.90 Å². The molecule has 1 heterocycles. The number of carboxylic acids is 1. The zero-order chi connectivity index (χ0) is 17.0. The number of aromatic nitrogens is 1. The van der Waals surface area contributed by atoms with E-state index in [1.54, 1.807) is 6.07 Å². The van der Waals surface area contributed by atoms with E-state index < -0.39 is 5.97 Å². The van der Waals surface area contributed by atoms with Crippen molar-refractivity contribution in [1.82, 2.24) is 9.88 Å². The number of nitrogens with zero attached hydrogens (tertiary/aromatic N) is 2. The van der Waals surface area contributed by atoms with E-state index in [0.717, 1.165) is 25.9 Å². The first kappa shape index (κ1) is 16.5. The quantitative estimate of drug-likeness (QED) is 0.818. The molecule has 5 heteroatoms. The van der Waals surface area contributed by atoms with Crippen molar-refractivity contribution in [2.45, 2.75) is 31.3 Å². The molecule has 126 valence electrons. The molecular weight excluding hydrogens is 302 g/mol. The van der Waals surface area contributed by atoms with Crippen LogP contribution in [0, 0.1) is 0 Å². The number of rotatable bonds is 7. The molecule has 0 bridgehead atoms. The molecule has 3 rings (SSSR count). The number of hydrogen-bond donors (Lipinski definition) is 2. The lowest BCUT2D eigenvalue weighted by atomic mass is 9.75. The summed E-state index contributed by atoms with van der Waals surface area (Å²) in [6.07, 6.45) is 3.51. The third-order valence-electron chi connectivity index (χ3n) is 4.92. The molecule has 5 nitrogen and oxygen atoms in total. The summed E-state index contributed by atoms with van der Waals surface area (Å²) in [5.74, 6) is -0.382. The Balaban J connectivity index is 1.65. The van der Waals surface area contributed by atoms with Crippen molar-refractivity contribution in [1.29, 1.82) is 0 Å². The minimum atomic E-state index is -1.00. The van der Waals surface area contributed by atoms with Gasteiger partial charge in [0.15, 0.2) is 5.69 Å². The second-order valence-corrected chi connectivity index (χ2v) is 6.49. The fraction of sp³-hybridized carbons (Fsp3) is 0.368. The molecule has 1 saturated carbocycles. The van der Waals surface area contributed by atoms with Gasteiger partial charge in [-0.05, 0) is 44.0 Å². The van der Waals surface area contributed by atoms with Gasteiger partial charge < -0.3 is 10.4 Å². The van der Waals surface area contributed by atoms with Crippen molar-refractivity contribution in [2.24, 2.45) is 0 Å². The standard InChI is InChI=1S/C19H23N3O2/c1-22(13-15-7-3-2-4-8-15)19(11-6-12-19)14-20-17-10-5-9-16(21-17)18(23)24/h2-5,7-10H,6,11-14H2,1H3,(H,20,21)(H,23,24). The van der Waals surface area contributed by atoms with E-state index in [0.29, 0.717) is 5.82 Å². The first-order chi connectivity index (χ1) is 11.6. The largest absolute Gasteiger partial charge is 0.477 e. The first-order valence-corrected chi connectivity index (χ1v) is 8.28. The average molecular weight is 325 g/mol. The molecule has 1 aromatic carbocycles. The van der Waals surface area contributed by atoms with Gasteiger partial charge in [0.2, 0.25) is 0 Å². The predicted molar refractivity (Wildman–Crippen MR) is 94.2 cm³/mol. The summed E-state index contributed by atoms with van der Waals surface area (Å²) in [6, 6.07) is 15.5. The highest BCUT2D eigenvalue weighted by Gasteiger charge is 2.40. The molecule has 2 aromatic rings. The summed E-state index contributed by atoms with van der Waals surface area (Å²) in [5.41, 5.74) is 1.48. The highest BCUT2D eigenvalue weighted by atomic mass is 16.4. The van der Waals surface area contributed by atoms with Crippen molar-refractivity contribution >= 4 is 11.8 Å². The lowest BCUT2D eigenvalue weighted by molar-refractivity contribution is 0.0437. The lowest BCUT2D eigenvalue weighted by Crippen LogP contribution is -2.56. The van der Waals surface area contributed by atoms with Crippen LogP contribution in [-0.4, -0.2) is 40.1 Å². The van der Waals surface area contributed by atoms with Crippen LogP contribution in [0.4, 0.5) is 5.82 Å². The van der Waals surface area contributed by atoms with Crippen LogP contribution in [0.5, 0.6) is 0 Å². The van der Waals surface area contributed by atoms with Crippen LogP contribution < -0.4 is 5.32 Å². The van der Waals surface area contributed by atoms with Crippen LogP contribution in [0.3, 0.4) is 0 Å². The van der Waals surface area contributed by atoms with Crippen molar-refractivity contribution in [3.05, 3.63) is 59.8 Å². The Hall–Kier alpha value is -2.40. The zero-order valence-corrected chi connectivity index (χ0v) is 13.9. The molecule has 1 aliphatic carbocycles. The maximum absolute atomic E-state index is 11.0. The highest BCUT2D eigenvalue weighted by molar-refractivity contribution is 5.85. The monoisotopic (exact) mass is 325 g/mol. The summed E-state index contributed by atoms with van der Waals surface area (Å²) >= 11 is 0. The number of aromatic carboxylic acids is 1. The maximum atomic E-state index is 11.0. The molecule has 0 radical (unpaired) electrons. The fourth-order valence-corrected chi connectivity index (χ4v) is 3.21. The Morgan fingerprint density at radius 2 is 1.96 bits per heavy atom. The van der Waals surface area contributed by atoms with E-state index >= 15 is 0 Å². The number of anilines is 1. The highest BCUT2D eigenvalue weighted by Crippen LogP contribution is 2.37. The van der Waals surface area contributed by atoms with Crippen LogP contribution in [-0.2, 0) is 6.54 Å². The topological polar surface area (TPSA) is 65.5 Å². The number of benzene rings is 1. The SMILES string of the molecule is CN(Cc1ccccc1)C1(CNc2cccc(C(=O)O)n2)CCC1. The van der Waals surface area contributed by atoms with Crippen molar-refractivity contribution in [3.63, 3.8) is 0 Å². The van der Waals surface area contributed by atoms with E-state index in [-0.39, 0.29) is 11.2 Å². The molecular formula is C19H23N3O2. The van der Waals surface area contributed by atoms with Gasteiger partial charge in [-0.25, -0.2) is 9.78 Å². The Kier molecular flexibility index (Phi) is 4.81. The molecule has 0 aliphatic heterocycles. The summed E-state index contributed by atoms with van der Waals surface area (Å²) in [5, 5.41) is 12.4. The van der Waals surface area contributed by atoms with Gasteiger partial charge in [-0.15, -0.1) is 0 Å². The van der Waals surface area contributed by atoms with Crippen LogP contribution in [0.15, 0.2) is 48.5 Å². The number of likely N-dealkylation sites (N-methyl/N-ethyl adjacent to an activating group) is 1. The van der Waals surface area contributed by atoms with Gasteiger partial charge in [0.1, 0.15) is 5.82 Å². The summed E-state index contributed by atoms with van der Waals surface area (Å²) in [4.78, 5) is 17.6. The summed E-state index contributed by atoms with van der Waals surface area (Å²) in [6.45, 7) is 1.68. The molecule has 0 saturated heterocycles. The Labute approximate surface area is 142 Å². The Bertz CT molecular complexity index is 699. The predicted octanol–water partition coefficient (Wildman–Crippen LogP) is 3.25. The van der Waals surface area contributed by atoms with Crippen molar-refractivity contribution in [3.8, 4) is 0 Å². The minimum absolute atomic E-state index is 0.0697. The number of nitrogens with one attached hydrogen (secondary N) is 1. The first-order valence-electron chi connectivity index (χ1n) is 8.28. The summed E-state index contributed by atoms with van der Waals surface area (Å²) < 4.78 is 0. The molecule has 0 unspecified atom stereocenters. The second kappa shape index (κ2) is 7.01. The number of hydrogen-bond acceptors (Lipinski definition) is 4. The van der Waals surface area contributed by atoms with E-state index in [9.17, 15) is 4.79 Å². The van der Waals surface area contributed by atoms with Gasteiger partial charge in [0.05, 0.1) is 0 Å². The van der Waals surface area contributed by atoms with E-state index in [2.05, 4.69) is 46.5 Å². The van der Waals surface area contributed by atoms with E-state index in [4.69, 9.17) is 5.11 Å². The summed E-state index contributed by atoms with van der Waals surface area (Å²) in [7, 11) is 2.16. The number of carbonyl (C=O) groups is 1.